The van der Waals surface area contributed by atoms with E-state index < -0.39 is 12.2 Å². The number of fused-ring (bicyclic) bond motifs is 1. The van der Waals surface area contributed by atoms with Gasteiger partial charge in [-0.1, -0.05) is 0 Å². The summed E-state index contributed by atoms with van der Waals surface area (Å²) in [5, 5.41) is 31.8. The first-order valence-electron chi connectivity index (χ1n) is 9.57. The van der Waals surface area contributed by atoms with E-state index >= 15 is 0 Å². The summed E-state index contributed by atoms with van der Waals surface area (Å²) in [7, 11) is 1.82. The molecule has 1 unspecified atom stereocenters. The number of morpholine rings is 1. The normalized spacial score (nSPS) is 31.4. The van der Waals surface area contributed by atoms with E-state index in [1.165, 1.54) is 6.33 Å². The highest BCUT2D eigenvalue weighted by molar-refractivity contribution is 5.87. The third kappa shape index (κ3) is 3.65. The van der Waals surface area contributed by atoms with Crippen LogP contribution in [-0.4, -0.2) is 82.9 Å². The van der Waals surface area contributed by atoms with Crippen molar-refractivity contribution in [1.29, 1.82) is 0 Å². The van der Waals surface area contributed by atoms with E-state index in [9.17, 15) is 10.2 Å². The number of rotatable bonds is 6. The van der Waals surface area contributed by atoms with Crippen LogP contribution < -0.4 is 16.0 Å². The maximum Gasteiger partial charge on any atom is 0.145 e. The highest BCUT2D eigenvalue weighted by Crippen LogP contribution is 2.37. The molecular weight excluding hydrogens is 348 g/mol. The Labute approximate surface area is 158 Å². The highest BCUT2D eigenvalue weighted by Gasteiger charge is 2.42. The van der Waals surface area contributed by atoms with Crippen LogP contribution in [0.5, 0.6) is 0 Å². The summed E-state index contributed by atoms with van der Waals surface area (Å²) in [6.45, 7) is 3.85. The van der Waals surface area contributed by atoms with Gasteiger partial charge in [-0.3, -0.25) is 0 Å². The van der Waals surface area contributed by atoms with Crippen LogP contribution in [0.3, 0.4) is 0 Å². The first-order chi connectivity index (χ1) is 13.2. The van der Waals surface area contributed by atoms with Gasteiger partial charge in [0.2, 0.25) is 0 Å². The number of nitrogens with zero attached hydrogens (tertiary/aromatic N) is 3. The van der Waals surface area contributed by atoms with E-state index in [-0.39, 0.29) is 18.1 Å². The molecule has 9 heteroatoms. The summed E-state index contributed by atoms with van der Waals surface area (Å²) < 4.78 is 7.64. The van der Waals surface area contributed by atoms with Crippen molar-refractivity contribution in [2.45, 2.75) is 30.8 Å². The lowest BCUT2D eigenvalue weighted by molar-refractivity contribution is 0.00418. The van der Waals surface area contributed by atoms with Crippen molar-refractivity contribution in [2.24, 2.45) is 5.92 Å². The second-order valence-electron chi connectivity index (χ2n) is 7.33. The Bertz CT molecular complexity index is 763. The third-order valence-corrected chi connectivity index (χ3v) is 5.66. The molecule has 2 fully saturated rings. The average Bonchev–Trinajstić information content (AvgIpc) is 3.25. The number of nitrogens with one attached hydrogen (secondary N) is 3. The molecule has 0 spiro atoms. The fourth-order valence-corrected chi connectivity index (χ4v) is 4.20. The number of aromatic nitrogens is 3. The fourth-order valence-electron chi connectivity index (χ4n) is 4.20. The van der Waals surface area contributed by atoms with Crippen LogP contribution in [0.2, 0.25) is 0 Å². The lowest BCUT2D eigenvalue weighted by Gasteiger charge is -2.25. The predicted molar refractivity (Wildman–Crippen MR) is 102 cm³/mol. The van der Waals surface area contributed by atoms with Gasteiger partial charge in [0.05, 0.1) is 30.2 Å². The molecule has 5 atom stereocenters. The van der Waals surface area contributed by atoms with Crippen molar-refractivity contribution in [1.82, 2.24) is 25.2 Å². The van der Waals surface area contributed by atoms with Gasteiger partial charge in [-0.15, -0.1) is 0 Å². The van der Waals surface area contributed by atoms with E-state index in [0.29, 0.717) is 13.0 Å². The summed E-state index contributed by atoms with van der Waals surface area (Å²) in [6.07, 6.45) is 2.67. The number of aliphatic hydroxyl groups excluding tert-OH is 2. The standard InChI is InChI=1S/C18H28N6O3/c1-19-17-13-2-4-24(18(13)23-10-22-17)14-6-11(15(25)16(14)26)7-21-9-12-8-20-3-5-27-12/h2,4,10-12,14-16,20-21,25-26H,3,5-9H2,1H3,(H,19,22,23)/t11-,12?,14-,15-,16+/m1/s1. The summed E-state index contributed by atoms with van der Waals surface area (Å²) in [6, 6.07) is 1.73. The molecule has 1 saturated heterocycles. The molecule has 0 aromatic carbocycles. The minimum absolute atomic E-state index is 0.0235. The molecule has 1 aliphatic carbocycles. The molecule has 2 aliphatic rings. The minimum Gasteiger partial charge on any atom is -0.390 e. The number of hydrogen-bond donors (Lipinski definition) is 5. The molecule has 3 heterocycles. The minimum atomic E-state index is -0.826. The molecule has 1 aliphatic heterocycles. The fraction of sp³-hybridized carbons (Fsp3) is 0.667. The lowest BCUT2D eigenvalue weighted by atomic mass is 10.1. The third-order valence-electron chi connectivity index (χ3n) is 5.66. The Hall–Kier alpha value is -1.78. The first-order valence-corrected chi connectivity index (χ1v) is 9.57. The number of aliphatic hydroxyl groups is 2. The summed E-state index contributed by atoms with van der Waals surface area (Å²) >= 11 is 0. The Balaban J connectivity index is 1.42. The van der Waals surface area contributed by atoms with E-state index in [0.717, 1.165) is 43.1 Å². The molecule has 0 radical (unpaired) electrons. The van der Waals surface area contributed by atoms with Gasteiger partial charge in [-0.2, -0.15) is 0 Å². The Kier molecular flexibility index (Phi) is 5.55. The van der Waals surface area contributed by atoms with E-state index in [4.69, 9.17) is 4.74 Å². The van der Waals surface area contributed by atoms with Crippen LogP contribution in [0.15, 0.2) is 18.6 Å². The molecule has 4 rings (SSSR count). The maximum absolute atomic E-state index is 10.6. The molecule has 27 heavy (non-hydrogen) atoms. The summed E-state index contributed by atoms with van der Waals surface area (Å²) in [5.74, 6) is 0.732. The van der Waals surface area contributed by atoms with Crippen LogP contribution in [0, 0.1) is 5.92 Å². The number of ether oxygens (including phenoxy) is 1. The molecule has 0 bridgehead atoms. The molecule has 5 N–H and O–H groups in total. The zero-order valence-electron chi connectivity index (χ0n) is 15.5. The van der Waals surface area contributed by atoms with Crippen LogP contribution in [0.25, 0.3) is 11.0 Å². The zero-order chi connectivity index (χ0) is 18.8. The van der Waals surface area contributed by atoms with Gasteiger partial charge in [0, 0.05) is 45.3 Å². The van der Waals surface area contributed by atoms with Crippen molar-refractivity contribution in [3.63, 3.8) is 0 Å². The molecular formula is C18H28N6O3. The molecule has 0 amide bonds. The van der Waals surface area contributed by atoms with Crippen LogP contribution in [-0.2, 0) is 4.74 Å². The Morgan fingerprint density at radius 2 is 2.19 bits per heavy atom. The van der Waals surface area contributed by atoms with Crippen LogP contribution in [0.4, 0.5) is 5.82 Å². The second kappa shape index (κ2) is 8.07. The molecule has 9 nitrogen and oxygen atoms in total. The number of hydrogen-bond acceptors (Lipinski definition) is 8. The smallest absolute Gasteiger partial charge is 0.145 e. The topological polar surface area (TPSA) is 116 Å². The van der Waals surface area contributed by atoms with Gasteiger partial charge < -0.3 is 35.5 Å². The monoisotopic (exact) mass is 376 g/mol. The SMILES string of the molecule is CNc1ncnc2c1ccn2[C@@H]1C[C@H](CNCC2CNCCO2)[C@@H](O)[C@H]1O. The van der Waals surface area contributed by atoms with Crippen molar-refractivity contribution in [3.05, 3.63) is 18.6 Å². The van der Waals surface area contributed by atoms with Crippen molar-refractivity contribution >= 4 is 16.9 Å². The van der Waals surface area contributed by atoms with E-state index in [1.54, 1.807) is 0 Å². The quantitative estimate of drug-likeness (QED) is 0.451. The van der Waals surface area contributed by atoms with Gasteiger partial charge in [-0.05, 0) is 12.5 Å². The molecule has 1 saturated carbocycles. The molecule has 148 valence electrons. The summed E-state index contributed by atoms with van der Waals surface area (Å²) in [5.41, 5.74) is 0.765. The Morgan fingerprint density at radius 1 is 1.30 bits per heavy atom. The van der Waals surface area contributed by atoms with Crippen molar-refractivity contribution in [3.8, 4) is 0 Å². The average molecular weight is 376 g/mol. The zero-order valence-corrected chi connectivity index (χ0v) is 15.5. The van der Waals surface area contributed by atoms with Gasteiger partial charge in [0.1, 0.15) is 23.9 Å². The van der Waals surface area contributed by atoms with Gasteiger partial charge in [-0.25, -0.2) is 9.97 Å². The summed E-state index contributed by atoms with van der Waals surface area (Å²) in [4.78, 5) is 8.61. The van der Waals surface area contributed by atoms with Crippen molar-refractivity contribution in [2.75, 3.05) is 45.2 Å². The van der Waals surface area contributed by atoms with Gasteiger partial charge in [0.25, 0.3) is 0 Å². The second-order valence-corrected chi connectivity index (χ2v) is 7.33. The van der Waals surface area contributed by atoms with E-state index in [2.05, 4.69) is 25.9 Å². The molecule has 2 aromatic rings. The highest BCUT2D eigenvalue weighted by atomic mass is 16.5. The van der Waals surface area contributed by atoms with Crippen LogP contribution in [0.1, 0.15) is 12.5 Å². The largest absolute Gasteiger partial charge is 0.390 e. The Morgan fingerprint density at radius 3 is 2.96 bits per heavy atom. The van der Waals surface area contributed by atoms with E-state index in [1.807, 2.05) is 23.9 Å². The molecule has 2 aromatic heterocycles. The predicted octanol–water partition coefficient (Wildman–Crippen LogP) is -0.666. The van der Waals surface area contributed by atoms with Crippen molar-refractivity contribution < 1.29 is 14.9 Å². The van der Waals surface area contributed by atoms with Crippen LogP contribution >= 0.6 is 0 Å². The number of anilines is 1. The first kappa shape index (κ1) is 18.6. The van der Waals surface area contributed by atoms with Gasteiger partial charge in [0.15, 0.2) is 0 Å². The maximum atomic E-state index is 10.6. The van der Waals surface area contributed by atoms with Gasteiger partial charge >= 0.3 is 0 Å². The lowest BCUT2D eigenvalue weighted by Crippen LogP contribution is -2.45.